The third-order valence-electron chi connectivity index (χ3n) is 5.95. The molecule has 5 rings (SSSR count). The van der Waals surface area contributed by atoms with Crippen molar-refractivity contribution in [3.63, 3.8) is 0 Å². The van der Waals surface area contributed by atoms with Crippen LogP contribution in [-0.2, 0) is 16.9 Å². The summed E-state index contributed by atoms with van der Waals surface area (Å²) >= 11 is 1.14. The van der Waals surface area contributed by atoms with Crippen molar-refractivity contribution in [1.82, 2.24) is 15.5 Å². The van der Waals surface area contributed by atoms with Gasteiger partial charge in [0.1, 0.15) is 26.9 Å². The average molecular weight is 493 g/mol. The molecule has 180 valence electrons. The van der Waals surface area contributed by atoms with Gasteiger partial charge in [-0.3, -0.25) is 9.89 Å². The van der Waals surface area contributed by atoms with Gasteiger partial charge in [-0.05, 0) is 56.5 Å². The highest BCUT2D eigenvalue weighted by molar-refractivity contribution is 7.20. The van der Waals surface area contributed by atoms with Crippen LogP contribution in [-0.4, -0.2) is 28.1 Å². The van der Waals surface area contributed by atoms with Crippen molar-refractivity contribution in [3.05, 3.63) is 82.0 Å². The SMILES string of the molecule is CC(C)(OC(=O)c1cc2c(NC(=O)c3ccc(CNC4CC4)cc3)[nH]nc2s1)c1ccccc1F. The summed E-state index contributed by atoms with van der Waals surface area (Å²) in [6.45, 7) is 4.07. The highest BCUT2D eigenvalue weighted by Gasteiger charge is 2.30. The first-order valence-corrected chi connectivity index (χ1v) is 12.2. The average Bonchev–Trinajstić information content (AvgIpc) is 3.45. The van der Waals surface area contributed by atoms with Gasteiger partial charge in [0.15, 0.2) is 0 Å². The molecule has 1 aliphatic carbocycles. The number of carbonyl (C=O) groups is 2. The fourth-order valence-electron chi connectivity index (χ4n) is 3.80. The number of anilines is 1. The first-order chi connectivity index (χ1) is 16.8. The molecular formula is C26H25FN4O3S. The monoisotopic (exact) mass is 492 g/mol. The highest BCUT2D eigenvalue weighted by Crippen LogP contribution is 2.33. The zero-order valence-corrected chi connectivity index (χ0v) is 20.2. The molecule has 1 amide bonds. The molecule has 0 aliphatic heterocycles. The van der Waals surface area contributed by atoms with Gasteiger partial charge < -0.3 is 15.4 Å². The third kappa shape index (κ3) is 5.11. The van der Waals surface area contributed by atoms with Crippen molar-refractivity contribution in [3.8, 4) is 0 Å². The Kier molecular flexibility index (Phi) is 6.12. The van der Waals surface area contributed by atoms with Crippen molar-refractivity contribution in [2.75, 3.05) is 5.32 Å². The van der Waals surface area contributed by atoms with Crippen LogP contribution in [0.15, 0.2) is 54.6 Å². The van der Waals surface area contributed by atoms with Crippen LogP contribution >= 0.6 is 11.3 Å². The Morgan fingerprint density at radius 3 is 2.63 bits per heavy atom. The Hall–Kier alpha value is -3.56. The molecule has 0 spiro atoms. The van der Waals surface area contributed by atoms with Gasteiger partial charge in [-0.2, -0.15) is 5.10 Å². The lowest BCUT2D eigenvalue weighted by Crippen LogP contribution is -2.26. The number of aromatic amines is 1. The first kappa shape index (κ1) is 23.2. The number of amides is 1. The maximum absolute atomic E-state index is 14.2. The maximum atomic E-state index is 14.2. The molecule has 1 saturated carbocycles. The van der Waals surface area contributed by atoms with Crippen LogP contribution < -0.4 is 10.6 Å². The number of aromatic nitrogens is 2. The fourth-order valence-corrected chi connectivity index (χ4v) is 4.67. The number of nitrogens with one attached hydrogen (secondary N) is 3. The molecule has 0 atom stereocenters. The largest absolute Gasteiger partial charge is 0.450 e. The van der Waals surface area contributed by atoms with Crippen LogP contribution in [0.5, 0.6) is 0 Å². The minimum atomic E-state index is -1.16. The molecule has 2 heterocycles. The van der Waals surface area contributed by atoms with Gasteiger partial charge in [0, 0.05) is 23.7 Å². The number of rotatable bonds is 8. The molecule has 0 saturated heterocycles. The van der Waals surface area contributed by atoms with Gasteiger partial charge >= 0.3 is 5.97 Å². The van der Waals surface area contributed by atoms with E-state index in [4.69, 9.17) is 4.74 Å². The molecule has 1 aliphatic rings. The van der Waals surface area contributed by atoms with Crippen molar-refractivity contribution < 1.29 is 18.7 Å². The predicted octanol–water partition coefficient (Wildman–Crippen LogP) is 5.36. The highest BCUT2D eigenvalue weighted by atomic mass is 32.1. The maximum Gasteiger partial charge on any atom is 0.349 e. The second kappa shape index (κ2) is 9.24. The number of esters is 1. The van der Waals surface area contributed by atoms with Gasteiger partial charge in [0.25, 0.3) is 5.91 Å². The topological polar surface area (TPSA) is 96.1 Å². The molecule has 0 unspecified atom stereocenters. The Morgan fingerprint density at radius 1 is 1.17 bits per heavy atom. The predicted molar refractivity (Wildman–Crippen MR) is 133 cm³/mol. The summed E-state index contributed by atoms with van der Waals surface area (Å²) in [7, 11) is 0. The van der Waals surface area contributed by atoms with Crippen LogP contribution in [0.25, 0.3) is 10.2 Å². The van der Waals surface area contributed by atoms with Gasteiger partial charge in [0.05, 0.1) is 5.39 Å². The summed E-state index contributed by atoms with van der Waals surface area (Å²) in [6.07, 6.45) is 2.45. The molecule has 35 heavy (non-hydrogen) atoms. The zero-order chi connectivity index (χ0) is 24.6. The van der Waals surface area contributed by atoms with Crippen LogP contribution in [0, 0.1) is 5.82 Å². The van der Waals surface area contributed by atoms with E-state index in [1.807, 2.05) is 12.1 Å². The lowest BCUT2D eigenvalue weighted by atomic mass is 9.97. The van der Waals surface area contributed by atoms with Gasteiger partial charge in [-0.15, -0.1) is 11.3 Å². The first-order valence-electron chi connectivity index (χ1n) is 11.4. The Morgan fingerprint density at radius 2 is 1.91 bits per heavy atom. The molecule has 0 bridgehead atoms. The second-order valence-electron chi connectivity index (χ2n) is 9.11. The van der Waals surface area contributed by atoms with Gasteiger partial charge in [0.2, 0.25) is 0 Å². The van der Waals surface area contributed by atoms with Crippen LogP contribution in [0.4, 0.5) is 10.2 Å². The van der Waals surface area contributed by atoms with Crippen molar-refractivity contribution >= 4 is 39.2 Å². The Bertz CT molecular complexity index is 1390. The number of ether oxygens (including phenoxy) is 1. The summed E-state index contributed by atoms with van der Waals surface area (Å²) in [5.74, 6) is -0.918. The smallest absolute Gasteiger partial charge is 0.349 e. The lowest BCUT2D eigenvalue weighted by Gasteiger charge is -2.25. The number of halogens is 1. The van der Waals surface area contributed by atoms with Crippen molar-refractivity contribution in [2.45, 2.75) is 44.9 Å². The molecular weight excluding hydrogens is 467 g/mol. The number of benzene rings is 2. The number of fused-ring (bicyclic) bond motifs is 1. The Labute approximate surface area is 205 Å². The van der Waals surface area contributed by atoms with E-state index >= 15 is 0 Å². The van der Waals surface area contributed by atoms with Crippen LogP contribution in [0.1, 0.15) is 57.8 Å². The number of thiophene rings is 1. The lowest BCUT2D eigenvalue weighted by molar-refractivity contribution is -0.00396. The zero-order valence-electron chi connectivity index (χ0n) is 19.4. The molecule has 7 nitrogen and oxygen atoms in total. The van der Waals surface area contributed by atoms with E-state index in [1.165, 1.54) is 18.9 Å². The fraction of sp³-hybridized carbons (Fsp3) is 0.269. The number of nitrogens with zero attached hydrogens (tertiary/aromatic N) is 1. The summed E-state index contributed by atoms with van der Waals surface area (Å²) < 4.78 is 19.8. The van der Waals surface area contributed by atoms with E-state index in [-0.39, 0.29) is 11.5 Å². The minimum Gasteiger partial charge on any atom is -0.450 e. The standard InChI is InChI=1S/C26H25FN4O3S/c1-26(2,19-5-3-4-6-20(19)27)34-25(33)21-13-18-22(30-31-24(18)35-21)29-23(32)16-9-7-15(8-10-16)14-28-17-11-12-17/h3-10,13,17,28H,11-12,14H2,1-2H3,(H2,29,30,31,32). The van der Waals surface area contributed by atoms with E-state index in [1.54, 1.807) is 50.2 Å². The number of carbonyl (C=O) groups excluding carboxylic acids is 2. The van der Waals surface area contributed by atoms with Crippen molar-refractivity contribution in [1.29, 1.82) is 0 Å². The van der Waals surface area contributed by atoms with Crippen molar-refractivity contribution in [2.24, 2.45) is 0 Å². The van der Waals surface area contributed by atoms with E-state index in [2.05, 4.69) is 20.8 Å². The van der Waals surface area contributed by atoms with E-state index in [0.717, 1.165) is 23.4 Å². The van der Waals surface area contributed by atoms with E-state index in [9.17, 15) is 14.0 Å². The minimum absolute atomic E-state index is 0.284. The Balaban J connectivity index is 1.27. The van der Waals surface area contributed by atoms with Crippen LogP contribution in [0.3, 0.4) is 0 Å². The van der Waals surface area contributed by atoms with Gasteiger partial charge in [-0.25, -0.2) is 9.18 Å². The summed E-state index contributed by atoms with van der Waals surface area (Å²) in [4.78, 5) is 26.5. The number of hydrogen-bond donors (Lipinski definition) is 3. The molecule has 3 N–H and O–H groups in total. The number of H-pyrrole nitrogens is 1. The third-order valence-corrected chi connectivity index (χ3v) is 6.96. The molecule has 4 aromatic rings. The van der Waals surface area contributed by atoms with Gasteiger partial charge in [-0.1, -0.05) is 30.3 Å². The summed E-state index contributed by atoms with van der Waals surface area (Å²) in [5, 5.41) is 13.9. The normalized spacial score (nSPS) is 13.7. The van der Waals surface area contributed by atoms with Crippen LogP contribution in [0.2, 0.25) is 0 Å². The second-order valence-corrected chi connectivity index (χ2v) is 10.1. The van der Waals surface area contributed by atoms with E-state index < -0.39 is 17.4 Å². The number of hydrogen-bond acceptors (Lipinski definition) is 6. The summed E-state index contributed by atoms with van der Waals surface area (Å²) in [5.41, 5.74) is 0.770. The molecule has 1 fully saturated rings. The molecule has 9 heteroatoms. The molecule has 2 aromatic heterocycles. The summed E-state index contributed by atoms with van der Waals surface area (Å²) in [6, 6.07) is 15.9. The molecule has 0 radical (unpaired) electrons. The van der Waals surface area contributed by atoms with E-state index in [0.29, 0.717) is 32.5 Å². The molecule has 2 aromatic carbocycles. The quantitative estimate of drug-likeness (QED) is 0.288.